The SMILES string of the molecule is c1ccc(COc2ccc([C@H]3C[C@@H]3NCC3CCNCC3)cc2)cc1. The maximum Gasteiger partial charge on any atom is 0.119 e. The first-order chi connectivity index (χ1) is 12.4. The van der Waals surface area contributed by atoms with Gasteiger partial charge in [0, 0.05) is 12.0 Å². The van der Waals surface area contributed by atoms with E-state index < -0.39 is 0 Å². The highest BCUT2D eigenvalue weighted by Gasteiger charge is 2.38. The zero-order valence-corrected chi connectivity index (χ0v) is 14.8. The van der Waals surface area contributed by atoms with Crippen molar-refractivity contribution in [1.82, 2.24) is 10.6 Å². The molecule has 2 atom stereocenters. The van der Waals surface area contributed by atoms with Gasteiger partial charge in [-0.3, -0.25) is 0 Å². The Hall–Kier alpha value is -1.84. The molecule has 132 valence electrons. The van der Waals surface area contributed by atoms with Crippen LogP contribution >= 0.6 is 0 Å². The highest BCUT2D eigenvalue weighted by atomic mass is 16.5. The molecule has 4 rings (SSSR count). The zero-order chi connectivity index (χ0) is 16.9. The lowest BCUT2D eigenvalue weighted by Crippen LogP contribution is -2.34. The minimum atomic E-state index is 0.629. The van der Waals surface area contributed by atoms with Gasteiger partial charge in [0.15, 0.2) is 0 Å². The van der Waals surface area contributed by atoms with E-state index in [9.17, 15) is 0 Å². The first-order valence-corrected chi connectivity index (χ1v) is 9.59. The van der Waals surface area contributed by atoms with Gasteiger partial charge < -0.3 is 15.4 Å². The van der Waals surface area contributed by atoms with Crippen molar-refractivity contribution in [2.24, 2.45) is 5.92 Å². The van der Waals surface area contributed by atoms with Crippen molar-refractivity contribution in [1.29, 1.82) is 0 Å². The lowest BCUT2D eigenvalue weighted by atomic mass is 9.98. The van der Waals surface area contributed by atoms with E-state index in [1.807, 2.05) is 18.2 Å². The highest BCUT2D eigenvalue weighted by molar-refractivity contribution is 5.34. The molecule has 2 aromatic rings. The first kappa shape index (κ1) is 16.6. The van der Waals surface area contributed by atoms with E-state index in [2.05, 4.69) is 47.0 Å². The van der Waals surface area contributed by atoms with Crippen LogP contribution < -0.4 is 15.4 Å². The van der Waals surface area contributed by atoms with Crippen LogP contribution in [0.2, 0.25) is 0 Å². The monoisotopic (exact) mass is 336 g/mol. The van der Waals surface area contributed by atoms with E-state index in [1.165, 1.54) is 50.0 Å². The van der Waals surface area contributed by atoms with Crippen molar-refractivity contribution in [2.75, 3.05) is 19.6 Å². The molecule has 3 nitrogen and oxygen atoms in total. The molecular formula is C22H28N2O. The van der Waals surface area contributed by atoms with Crippen LogP contribution in [0, 0.1) is 5.92 Å². The maximum atomic E-state index is 5.88. The van der Waals surface area contributed by atoms with Crippen LogP contribution in [0.4, 0.5) is 0 Å². The average Bonchev–Trinajstić information content (AvgIpc) is 3.47. The van der Waals surface area contributed by atoms with Crippen molar-refractivity contribution >= 4 is 0 Å². The van der Waals surface area contributed by atoms with Crippen molar-refractivity contribution in [3.8, 4) is 5.75 Å². The van der Waals surface area contributed by atoms with Crippen LogP contribution in [0.15, 0.2) is 54.6 Å². The summed E-state index contributed by atoms with van der Waals surface area (Å²) in [7, 11) is 0. The minimum Gasteiger partial charge on any atom is -0.489 e. The Balaban J connectivity index is 1.22. The van der Waals surface area contributed by atoms with E-state index >= 15 is 0 Å². The van der Waals surface area contributed by atoms with Gasteiger partial charge in [-0.15, -0.1) is 0 Å². The third-order valence-electron chi connectivity index (χ3n) is 5.47. The van der Waals surface area contributed by atoms with Gasteiger partial charge in [-0.2, -0.15) is 0 Å². The summed E-state index contributed by atoms with van der Waals surface area (Å²) in [5, 5.41) is 7.22. The summed E-state index contributed by atoms with van der Waals surface area (Å²) in [6.45, 7) is 4.18. The predicted octanol–water partition coefficient (Wildman–Crippen LogP) is 3.71. The molecule has 2 aromatic carbocycles. The topological polar surface area (TPSA) is 33.3 Å². The van der Waals surface area contributed by atoms with Crippen LogP contribution in [0.5, 0.6) is 5.75 Å². The number of benzene rings is 2. The molecule has 1 saturated heterocycles. The molecule has 0 bridgehead atoms. The Kier molecular flexibility index (Phi) is 5.34. The van der Waals surface area contributed by atoms with E-state index in [0.717, 1.165) is 11.7 Å². The van der Waals surface area contributed by atoms with Crippen LogP contribution in [-0.2, 0) is 6.61 Å². The van der Waals surface area contributed by atoms with Gasteiger partial charge >= 0.3 is 0 Å². The number of rotatable bonds is 7. The summed E-state index contributed by atoms with van der Waals surface area (Å²) in [5.41, 5.74) is 2.64. The van der Waals surface area contributed by atoms with Gasteiger partial charge in [0.25, 0.3) is 0 Å². The summed E-state index contributed by atoms with van der Waals surface area (Å²) in [6.07, 6.45) is 3.91. The molecule has 1 aliphatic carbocycles. The van der Waals surface area contributed by atoms with Crippen LogP contribution in [0.1, 0.15) is 36.3 Å². The van der Waals surface area contributed by atoms with E-state index in [0.29, 0.717) is 18.6 Å². The first-order valence-electron chi connectivity index (χ1n) is 9.59. The quantitative estimate of drug-likeness (QED) is 0.809. The van der Waals surface area contributed by atoms with E-state index in [-0.39, 0.29) is 0 Å². The van der Waals surface area contributed by atoms with Gasteiger partial charge in [-0.25, -0.2) is 0 Å². The van der Waals surface area contributed by atoms with E-state index in [1.54, 1.807) is 0 Å². The molecule has 1 saturated carbocycles. The molecule has 2 aliphatic rings. The summed E-state index contributed by atoms with van der Waals surface area (Å²) in [6, 6.07) is 19.7. The summed E-state index contributed by atoms with van der Waals surface area (Å²) < 4.78 is 5.88. The van der Waals surface area contributed by atoms with Crippen molar-refractivity contribution < 1.29 is 4.74 Å². The Bertz CT molecular complexity index is 649. The number of nitrogens with one attached hydrogen (secondary N) is 2. The fourth-order valence-electron chi connectivity index (χ4n) is 3.75. The third kappa shape index (κ3) is 4.62. The second kappa shape index (κ2) is 8.03. The van der Waals surface area contributed by atoms with Gasteiger partial charge in [-0.05, 0) is 68.1 Å². The Morgan fingerprint density at radius 3 is 2.48 bits per heavy atom. The molecule has 25 heavy (non-hydrogen) atoms. The van der Waals surface area contributed by atoms with E-state index in [4.69, 9.17) is 4.74 Å². The molecule has 0 unspecified atom stereocenters. The Labute approximate surface area is 150 Å². The second-order valence-corrected chi connectivity index (χ2v) is 7.39. The molecule has 1 aliphatic heterocycles. The number of ether oxygens (including phenoxy) is 1. The number of hydrogen-bond donors (Lipinski definition) is 2. The zero-order valence-electron chi connectivity index (χ0n) is 14.8. The lowest BCUT2D eigenvalue weighted by Gasteiger charge is -2.22. The molecule has 2 N–H and O–H groups in total. The third-order valence-corrected chi connectivity index (χ3v) is 5.47. The molecule has 1 heterocycles. The predicted molar refractivity (Wildman–Crippen MR) is 102 cm³/mol. The Morgan fingerprint density at radius 2 is 1.72 bits per heavy atom. The van der Waals surface area contributed by atoms with Gasteiger partial charge in [0.2, 0.25) is 0 Å². The van der Waals surface area contributed by atoms with Gasteiger partial charge in [-0.1, -0.05) is 42.5 Å². The summed E-state index contributed by atoms with van der Waals surface area (Å²) in [4.78, 5) is 0. The molecular weight excluding hydrogens is 308 g/mol. The van der Waals surface area contributed by atoms with Crippen molar-refractivity contribution in [3.63, 3.8) is 0 Å². The Morgan fingerprint density at radius 1 is 0.960 bits per heavy atom. The normalized spacial score (nSPS) is 23.4. The standard InChI is InChI=1S/C22H28N2O/c1-2-4-18(5-3-1)16-25-20-8-6-19(7-9-20)21-14-22(21)24-15-17-10-12-23-13-11-17/h1-9,17,21-24H,10-16H2/t21-,22+/m1/s1. The molecule has 3 heteroatoms. The maximum absolute atomic E-state index is 5.88. The van der Waals surface area contributed by atoms with Crippen LogP contribution in [-0.4, -0.2) is 25.7 Å². The summed E-state index contributed by atoms with van der Waals surface area (Å²) >= 11 is 0. The minimum absolute atomic E-state index is 0.629. The lowest BCUT2D eigenvalue weighted by molar-refractivity contribution is 0.306. The number of hydrogen-bond acceptors (Lipinski definition) is 3. The largest absolute Gasteiger partial charge is 0.489 e. The van der Waals surface area contributed by atoms with Crippen molar-refractivity contribution in [3.05, 3.63) is 65.7 Å². The van der Waals surface area contributed by atoms with Crippen LogP contribution in [0.25, 0.3) is 0 Å². The fourth-order valence-corrected chi connectivity index (χ4v) is 3.75. The highest BCUT2D eigenvalue weighted by Crippen LogP contribution is 2.41. The van der Waals surface area contributed by atoms with Gasteiger partial charge in [0.1, 0.15) is 12.4 Å². The fraction of sp³-hybridized carbons (Fsp3) is 0.455. The molecule has 0 spiro atoms. The number of piperidine rings is 1. The second-order valence-electron chi connectivity index (χ2n) is 7.39. The molecule has 0 aromatic heterocycles. The molecule has 0 radical (unpaired) electrons. The smallest absolute Gasteiger partial charge is 0.119 e. The average molecular weight is 336 g/mol. The molecule has 0 amide bonds. The van der Waals surface area contributed by atoms with Gasteiger partial charge in [0.05, 0.1) is 0 Å². The summed E-state index contributed by atoms with van der Waals surface area (Å²) in [5.74, 6) is 2.49. The molecule has 2 fully saturated rings. The van der Waals surface area contributed by atoms with Crippen LogP contribution in [0.3, 0.4) is 0 Å². The van der Waals surface area contributed by atoms with Crippen molar-refractivity contribution in [2.45, 2.75) is 37.8 Å².